The molecule has 0 saturated heterocycles. The second-order valence-corrected chi connectivity index (χ2v) is 2.93. The molecule has 0 atom stereocenters. The first-order valence-electron chi connectivity index (χ1n) is 4.32. The Morgan fingerprint density at radius 1 is 1.57 bits per heavy atom. The highest BCUT2D eigenvalue weighted by Crippen LogP contribution is 2.20. The van der Waals surface area contributed by atoms with Crippen molar-refractivity contribution in [2.45, 2.75) is 6.92 Å². The van der Waals surface area contributed by atoms with Crippen LogP contribution in [0.1, 0.15) is 5.56 Å². The highest BCUT2D eigenvalue weighted by atomic mass is 16.5. The number of benzene rings is 1. The van der Waals surface area contributed by atoms with Crippen LogP contribution < -0.4 is 15.8 Å². The zero-order valence-electron chi connectivity index (χ0n) is 8.33. The number of rotatable bonds is 3. The zero-order chi connectivity index (χ0) is 10.6. The van der Waals surface area contributed by atoms with Crippen molar-refractivity contribution in [1.82, 2.24) is 0 Å². The third-order valence-electron chi connectivity index (χ3n) is 1.89. The standard InChI is InChI=1S/C10H14N2O2/c1-7-5-8(14-2)3-4-9(7)12-10(13)6-11/h3-5H,6,11H2,1-2H3,(H,12,13). The highest BCUT2D eigenvalue weighted by Gasteiger charge is 2.03. The van der Waals surface area contributed by atoms with Gasteiger partial charge in [0.05, 0.1) is 13.7 Å². The predicted molar refractivity (Wildman–Crippen MR) is 55.4 cm³/mol. The molecule has 0 unspecified atom stereocenters. The van der Waals surface area contributed by atoms with Crippen LogP contribution in [0.25, 0.3) is 0 Å². The number of nitrogens with one attached hydrogen (secondary N) is 1. The summed E-state index contributed by atoms with van der Waals surface area (Å²) in [7, 11) is 1.60. The van der Waals surface area contributed by atoms with Crippen molar-refractivity contribution in [3.8, 4) is 5.75 Å². The number of amides is 1. The summed E-state index contributed by atoms with van der Waals surface area (Å²) in [6.07, 6.45) is 0. The van der Waals surface area contributed by atoms with E-state index in [1.54, 1.807) is 19.2 Å². The lowest BCUT2D eigenvalue weighted by atomic mass is 10.2. The number of hydrogen-bond donors (Lipinski definition) is 2. The molecule has 0 radical (unpaired) electrons. The number of anilines is 1. The van der Waals surface area contributed by atoms with Crippen molar-refractivity contribution in [1.29, 1.82) is 0 Å². The van der Waals surface area contributed by atoms with Gasteiger partial charge in [0.25, 0.3) is 0 Å². The molecule has 1 rings (SSSR count). The van der Waals surface area contributed by atoms with Crippen LogP contribution in [0, 0.1) is 6.92 Å². The van der Waals surface area contributed by atoms with Gasteiger partial charge in [-0.1, -0.05) is 0 Å². The van der Waals surface area contributed by atoms with E-state index in [4.69, 9.17) is 10.5 Å². The van der Waals surface area contributed by atoms with Gasteiger partial charge in [0, 0.05) is 5.69 Å². The van der Waals surface area contributed by atoms with E-state index < -0.39 is 0 Å². The predicted octanol–water partition coefficient (Wildman–Crippen LogP) is 0.901. The molecule has 4 nitrogen and oxygen atoms in total. The monoisotopic (exact) mass is 194 g/mol. The van der Waals surface area contributed by atoms with Gasteiger partial charge in [-0.2, -0.15) is 0 Å². The van der Waals surface area contributed by atoms with E-state index in [9.17, 15) is 4.79 Å². The van der Waals surface area contributed by atoms with Crippen molar-refractivity contribution in [2.75, 3.05) is 19.0 Å². The lowest BCUT2D eigenvalue weighted by Crippen LogP contribution is -2.22. The average Bonchev–Trinajstić information content (AvgIpc) is 2.20. The Bertz CT molecular complexity index is 337. The normalized spacial score (nSPS) is 9.64. The number of aryl methyl sites for hydroxylation is 1. The summed E-state index contributed by atoms with van der Waals surface area (Å²) in [6, 6.07) is 5.44. The topological polar surface area (TPSA) is 64.3 Å². The first-order chi connectivity index (χ1) is 6.67. The van der Waals surface area contributed by atoms with Gasteiger partial charge in [0.1, 0.15) is 5.75 Å². The van der Waals surface area contributed by atoms with E-state index in [0.29, 0.717) is 0 Å². The molecule has 0 bridgehead atoms. The van der Waals surface area contributed by atoms with Crippen LogP contribution in [-0.2, 0) is 4.79 Å². The number of carbonyl (C=O) groups is 1. The summed E-state index contributed by atoms with van der Waals surface area (Å²) in [5.41, 5.74) is 6.90. The van der Waals surface area contributed by atoms with Gasteiger partial charge in [-0.25, -0.2) is 0 Å². The fraction of sp³-hybridized carbons (Fsp3) is 0.300. The van der Waals surface area contributed by atoms with Crippen molar-refractivity contribution in [3.63, 3.8) is 0 Å². The molecule has 0 saturated carbocycles. The number of hydrogen-bond acceptors (Lipinski definition) is 3. The summed E-state index contributed by atoms with van der Waals surface area (Å²) in [4.78, 5) is 11.0. The smallest absolute Gasteiger partial charge is 0.238 e. The highest BCUT2D eigenvalue weighted by molar-refractivity contribution is 5.92. The Morgan fingerprint density at radius 2 is 2.29 bits per heavy atom. The first kappa shape index (κ1) is 10.5. The first-order valence-corrected chi connectivity index (χ1v) is 4.32. The maximum absolute atomic E-state index is 11.0. The molecule has 1 aromatic rings. The molecule has 0 aliphatic rings. The Labute approximate surface area is 83.1 Å². The molecule has 0 aliphatic heterocycles. The summed E-state index contributed by atoms with van der Waals surface area (Å²) >= 11 is 0. The van der Waals surface area contributed by atoms with E-state index in [1.807, 2.05) is 13.0 Å². The minimum Gasteiger partial charge on any atom is -0.497 e. The van der Waals surface area contributed by atoms with Gasteiger partial charge in [0.2, 0.25) is 5.91 Å². The largest absolute Gasteiger partial charge is 0.497 e. The molecule has 0 fully saturated rings. The molecule has 76 valence electrons. The summed E-state index contributed by atoms with van der Waals surface area (Å²) in [5.74, 6) is 0.575. The van der Waals surface area contributed by atoms with Crippen LogP contribution in [-0.4, -0.2) is 19.6 Å². The second-order valence-electron chi connectivity index (χ2n) is 2.93. The third-order valence-corrected chi connectivity index (χ3v) is 1.89. The molecule has 14 heavy (non-hydrogen) atoms. The van der Waals surface area contributed by atoms with E-state index >= 15 is 0 Å². The third kappa shape index (κ3) is 2.47. The summed E-state index contributed by atoms with van der Waals surface area (Å²) in [6.45, 7) is 1.89. The zero-order valence-corrected chi connectivity index (χ0v) is 8.33. The van der Waals surface area contributed by atoms with Crippen molar-refractivity contribution in [2.24, 2.45) is 5.73 Å². The SMILES string of the molecule is COc1ccc(NC(=O)CN)c(C)c1. The number of methoxy groups -OCH3 is 1. The van der Waals surface area contributed by atoms with Crippen LogP contribution in [0.15, 0.2) is 18.2 Å². The molecule has 0 heterocycles. The average molecular weight is 194 g/mol. The molecular formula is C10H14N2O2. The van der Waals surface area contributed by atoms with Crippen molar-refractivity contribution >= 4 is 11.6 Å². The van der Waals surface area contributed by atoms with Crippen LogP contribution >= 0.6 is 0 Å². The van der Waals surface area contributed by atoms with Crippen LogP contribution in [0.3, 0.4) is 0 Å². The Morgan fingerprint density at radius 3 is 2.79 bits per heavy atom. The van der Waals surface area contributed by atoms with Gasteiger partial charge < -0.3 is 15.8 Å². The van der Waals surface area contributed by atoms with E-state index in [2.05, 4.69) is 5.32 Å². The Hall–Kier alpha value is -1.55. The minimum absolute atomic E-state index is 0.00846. The van der Waals surface area contributed by atoms with Gasteiger partial charge in [-0.3, -0.25) is 4.79 Å². The van der Waals surface area contributed by atoms with Crippen LogP contribution in [0.2, 0.25) is 0 Å². The maximum Gasteiger partial charge on any atom is 0.238 e. The van der Waals surface area contributed by atoms with Crippen molar-refractivity contribution in [3.05, 3.63) is 23.8 Å². The van der Waals surface area contributed by atoms with E-state index in [0.717, 1.165) is 17.0 Å². The molecule has 1 amide bonds. The molecule has 0 aromatic heterocycles. The molecule has 3 N–H and O–H groups in total. The Kier molecular flexibility index (Phi) is 3.48. The molecule has 0 spiro atoms. The van der Waals surface area contributed by atoms with E-state index in [-0.39, 0.29) is 12.5 Å². The quantitative estimate of drug-likeness (QED) is 0.751. The molecule has 0 aliphatic carbocycles. The van der Waals surface area contributed by atoms with Gasteiger partial charge in [0.15, 0.2) is 0 Å². The van der Waals surface area contributed by atoms with Crippen LogP contribution in [0.5, 0.6) is 5.75 Å². The number of nitrogens with two attached hydrogens (primary N) is 1. The van der Waals surface area contributed by atoms with Crippen molar-refractivity contribution < 1.29 is 9.53 Å². The maximum atomic E-state index is 11.0. The molecule has 1 aromatic carbocycles. The fourth-order valence-corrected chi connectivity index (χ4v) is 1.10. The summed E-state index contributed by atoms with van der Waals surface area (Å²) in [5, 5.41) is 2.69. The lowest BCUT2D eigenvalue weighted by Gasteiger charge is -2.08. The molecular weight excluding hydrogens is 180 g/mol. The molecule has 4 heteroatoms. The van der Waals surface area contributed by atoms with Gasteiger partial charge in [-0.15, -0.1) is 0 Å². The summed E-state index contributed by atoms with van der Waals surface area (Å²) < 4.78 is 5.04. The fourth-order valence-electron chi connectivity index (χ4n) is 1.10. The van der Waals surface area contributed by atoms with Crippen LogP contribution in [0.4, 0.5) is 5.69 Å². The Balaban J connectivity index is 2.83. The number of carbonyl (C=O) groups excluding carboxylic acids is 1. The second kappa shape index (κ2) is 4.62. The lowest BCUT2D eigenvalue weighted by molar-refractivity contribution is -0.114. The van der Waals surface area contributed by atoms with Gasteiger partial charge in [-0.05, 0) is 30.7 Å². The number of ether oxygens (including phenoxy) is 1. The minimum atomic E-state index is -0.196. The van der Waals surface area contributed by atoms with Gasteiger partial charge >= 0.3 is 0 Å². The van der Waals surface area contributed by atoms with E-state index in [1.165, 1.54) is 0 Å².